The molecular formula is C32H39NO12. The predicted octanol–water partition coefficient (Wildman–Crippen LogP) is -0.220. The van der Waals surface area contributed by atoms with E-state index in [4.69, 9.17) is 18.9 Å². The maximum atomic E-state index is 10.8. The van der Waals surface area contributed by atoms with E-state index in [9.17, 15) is 40.9 Å². The Labute approximate surface area is 259 Å². The number of ether oxygens (including phenoxy) is 4. The summed E-state index contributed by atoms with van der Waals surface area (Å²) in [4.78, 5) is 4.41. The Balaban J connectivity index is 1.32. The van der Waals surface area contributed by atoms with Gasteiger partial charge in [-0.05, 0) is 73.4 Å². The summed E-state index contributed by atoms with van der Waals surface area (Å²) in [6.45, 7) is 3.77. The molecule has 3 heterocycles. The predicted molar refractivity (Wildman–Crippen MR) is 158 cm³/mol. The lowest BCUT2D eigenvalue weighted by Crippen LogP contribution is -2.66. The van der Waals surface area contributed by atoms with Crippen LogP contribution < -0.4 is 9.47 Å². The standard InChI is InChI=1S/C32H39NO12/c1-15-8-17(4-6-21(15)42-30-28(39)27(38)25(36)23(13-34)43-30)19-10-20(12-33-11-19)18-5-7-22(16(2)9-18)44-31-32(3,41)29(40)26(37)24(14-35)45-31/h4-12,23-31,34-41H,13-14H2,1-3H3/t23?,24?,25-,26-,27?,28?,29?,30+,31+,32+/m1/s1. The maximum absolute atomic E-state index is 10.8. The summed E-state index contributed by atoms with van der Waals surface area (Å²) >= 11 is 0. The zero-order valence-electron chi connectivity index (χ0n) is 25.0. The summed E-state index contributed by atoms with van der Waals surface area (Å²) in [5.41, 5.74) is 2.73. The SMILES string of the molecule is Cc1cc(-c2cncc(-c3ccc(O[C@H]4OC(CO)[C@@H](O)C(O)[C@]4(C)O)c(C)c3)c2)ccc1O[C@H]1OC(CO)[C@@H](O)C(O)C1O. The lowest BCUT2D eigenvalue weighted by molar-refractivity contribution is -0.314. The molecule has 0 aliphatic carbocycles. The number of aryl methyl sites for hydroxylation is 2. The number of pyridine rings is 1. The molecule has 5 unspecified atom stereocenters. The van der Waals surface area contributed by atoms with Crippen LogP contribution in [0.3, 0.4) is 0 Å². The van der Waals surface area contributed by atoms with Crippen molar-refractivity contribution in [2.75, 3.05) is 13.2 Å². The number of aliphatic hydroxyl groups excluding tert-OH is 7. The van der Waals surface area contributed by atoms with Crippen LogP contribution in [0.25, 0.3) is 22.3 Å². The third kappa shape index (κ3) is 6.55. The molecule has 8 N–H and O–H groups in total. The van der Waals surface area contributed by atoms with Crippen molar-refractivity contribution in [1.29, 1.82) is 0 Å². The van der Waals surface area contributed by atoms with Gasteiger partial charge in [-0.1, -0.05) is 12.1 Å². The van der Waals surface area contributed by atoms with Crippen molar-refractivity contribution >= 4 is 0 Å². The lowest BCUT2D eigenvalue weighted by Gasteiger charge is -2.45. The average Bonchev–Trinajstić information content (AvgIpc) is 3.03. The molecule has 2 fully saturated rings. The van der Waals surface area contributed by atoms with E-state index in [1.54, 1.807) is 50.5 Å². The molecule has 244 valence electrons. The Bertz CT molecular complexity index is 1480. The van der Waals surface area contributed by atoms with Crippen molar-refractivity contribution in [3.05, 3.63) is 66.0 Å². The first-order chi connectivity index (χ1) is 21.3. The Morgan fingerprint density at radius 3 is 1.76 bits per heavy atom. The molecule has 3 aromatic rings. The van der Waals surface area contributed by atoms with E-state index >= 15 is 0 Å². The molecule has 5 rings (SSSR count). The van der Waals surface area contributed by atoms with Crippen LogP contribution in [-0.2, 0) is 9.47 Å². The minimum Gasteiger partial charge on any atom is -0.462 e. The molecule has 13 heteroatoms. The van der Waals surface area contributed by atoms with E-state index in [1.165, 1.54) is 6.92 Å². The number of hydrogen-bond donors (Lipinski definition) is 8. The Hall–Kier alpha value is -3.21. The maximum Gasteiger partial charge on any atom is 0.231 e. The first kappa shape index (κ1) is 33.2. The highest BCUT2D eigenvalue weighted by molar-refractivity contribution is 5.73. The van der Waals surface area contributed by atoms with Gasteiger partial charge >= 0.3 is 0 Å². The van der Waals surface area contributed by atoms with Gasteiger partial charge in [0, 0.05) is 23.5 Å². The topological polar surface area (TPSA) is 212 Å². The summed E-state index contributed by atoms with van der Waals surface area (Å²) in [6.07, 6.45) is -9.07. The molecule has 1 aromatic heterocycles. The largest absolute Gasteiger partial charge is 0.462 e. The van der Waals surface area contributed by atoms with Gasteiger partial charge in [0.15, 0.2) is 5.60 Å². The van der Waals surface area contributed by atoms with Crippen LogP contribution in [0.15, 0.2) is 54.9 Å². The molecule has 10 atom stereocenters. The van der Waals surface area contributed by atoms with Crippen molar-refractivity contribution in [3.8, 4) is 33.8 Å². The fourth-order valence-corrected chi connectivity index (χ4v) is 5.45. The normalized spacial score (nSPS) is 33.5. The van der Waals surface area contributed by atoms with Crippen LogP contribution in [0.2, 0.25) is 0 Å². The van der Waals surface area contributed by atoms with Gasteiger partial charge in [-0.3, -0.25) is 4.98 Å². The monoisotopic (exact) mass is 629 g/mol. The highest BCUT2D eigenvalue weighted by Gasteiger charge is 2.53. The van der Waals surface area contributed by atoms with E-state index in [-0.39, 0.29) is 0 Å². The van der Waals surface area contributed by atoms with Crippen LogP contribution in [0.4, 0.5) is 0 Å². The quantitative estimate of drug-likeness (QED) is 0.162. The van der Waals surface area contributed by atoms with Gasteiger partial charge < -0.3 is 59.8 Å². The smallest absolute Gasteiger partial charge is 0.231 e. The second kappa shape index (κ2) is 13.3. The summed E-state index contributed by atoms with van der Waals surface area (Å²) in [7, 11) is 0. The molecule has 2 aromatic carbocycles. The van der Waals surface area contributed by atoms with Crippen molar-refractivity contribution < 1.29 is 59.8 Å². The molecule has 0 saturated carbocycles. The molecule has 2 aliphatic rings. The highest BCUT2D eigenvalue weighted by atomic mass is 16.7. The van der Waals surface area contributed by atoms with E-state index in [0.29, 0.717) is 22.6 Å². The van der Waals surface area contributed by atoms with Crippen LogP contribution in [0.1, 0.15) is 18.1 Å². The zero-order valence-corrected chi connectivity index (χ0v) is 25.0. The van der Waals surface area contributed by atoms with Gasteiger partial charge in [-0.15, -0.1) is 0 Å². The molecule has 0 bridgehead atoms. The number of aliphatic hydroxyl groups is 8. The average molecular weight is 630 g/mol. The van der Waals surface area contributed by atoms with E-state index in [0.717, 1.165) is 22.3 Å². The van der Waals surface area contributed by atoms with Crippen molar-refractivity contribution in [2.45, 2.75) is 81.7 Å². The minimum absolute atomic E-state index is 0.374. The number of rotatable bonds is 8. The minimum atomic E-state index is -1.94. The second-order valence-corrected chi connectivity index (χ2v) is 11.7. The van der Waals surface area contributed by atoms with E-state index < -0.39 is 74.1 Å². The first-order valence-corrected chi connectivity index (χ1v) is 14.5. The Kier molecular flexibility index (Phi) is 9.77. The van der Waals surface area contributed by atoms with Crippen molar-refractivity contribution in [1.82, 2.24) is 4.98 Å². The van der Waals surface area contributed by atoms with Crippen molar-refractivity contribution in [2.24, 2.45) is 0 Å². The zero-order chi connectivity index (χ0) is 32.6. The lowest BCUT2D eigenvalue weighted by atomic mass is 9.88. The summed E-state index contributed by atoms with van der Waals surface area (Å²) in [6, 6.07) is 12.7. The van der Waals surface area contributed by atoms with Gasteiger partial charge in [-0.2, -0.15) is 0 Å². The van der Waals surface area contributed by atoms with Crippen LogP contribution >= 0.6 is 0 Å². The number of benzene rings is 2. The Morgan fingerprint density at radius 2 is 1.22 bits per heavy atom. The van der Waals surface area contributed by atoms with Gasteiger partial charge in [0.2, 0.25) is 12.6 Å². The summed E-state index contributed by atoms with van der Waals surface area (Å²) in [5.74, 6) is 0.755. The van der Waals surface area contributed by atoms with Gasteiger partial charge in [-0.25, -0.2) is 0 Å². The summed E-state index contributed by atoms with van der Waals surface area (Å²) in [5, 5.41) is 80.6. The Morgan fingerprint density at radius 1 is 0.689 bits per heavy atom. The summed E-state index contributed by atoms with van der Waals surface area (Å²) < 4.78 is 22.7. The molecule has 2 aliphatic heterocycles. The third-order valence-electron chi connectivity index (χ3n) is 8.34. The van der Waals surface area contributed by atoms with Gasteiger partial charge in [0.25, 0.3) is 0 Å². The van der Waals surface area contributed by atoms with Crippen LogP contribution in [0, 0.1) is 13.8 Å². The van der Waals surface area contributed by atoms with Crippen molar-refractivity contribution in [3.63, 3.8) is 0 Å². The molecule has 0 spiro atoms. The van der Waals surface area contributed by atoms with E-state index in [2.05, 4.69) is 4.98 Å². The molecular weight excluding hydrogens is 590 g/mol. The number of nitrogens with zero attached hydrogens (tertiary/aromatic N) is 1. The highest BCUT2D eigenvalue weighted by Crippen LogP contribution is 2.35. The number of aromatic nitrogens is 1. The fourth-order valence-electron chi connectivity index (χ4n) is 5.45. The second-order valence-electron chi connectivity index (χ2n) is 11.7. The molecule has 0 radical (unpaired) electrons. The first-order valence-electron chi connectivity index (χ1n) is 14.5. The third-order valence-corrected chi connectivity index (χ3v) is 8.34. The molecule has 0 amide bonds. The molecule has 13 nitrogen and oxygen atoms in total. The molecule has 45 heavy (non-hydrogen) atoms. The van der Waals surface area contributed by atoms with Crippen LogP contribution in [-0.4, -0.2) is 120 Å². The van der Waals surface area contributed by atoms with Crippen LogP contribution in [0.5, 0.6) is 11.5 Å². The fraction of sp³-hybridized carbons (Fsp3) is 0.469. The van der Waals surface area contributed by atoms with Gasteiger partial charge in [0.05, 0.1) is 13.2 Å². The number of hydrogen-bond acceptors (Lipinski definition) is 13. The van der Waals surface area contributed by atoms with Gasteiger partial charge in [0.1, 0.15) is 54.2 Å². The van der Waals surface area contributed by atoms with E-state index in [1.807, 2.05) is 18.2 Å². The molecule has 2 saturated heterocycles.